The molecule has 0 aliphatic carbocycles. The standard InChI is InChI=1S/C19H16F2N4O/c1-11-4-3-5-12(2)18(11)25-17-9-16(22-10-23-17)19(26)24-15-7-6-13(20)8-14(15)21/h3-10H,1-2H3,(H,24,26)(H,22,23,25). The molecule has 0 spiro atoms. The molecular weight excluding hydrogens is 338 g/mol. The number of nitrogens with one attached hydrogen (secondary N) is 2. The minimum Gasteiger partial charge on any atom is -0.340 e. The smallest absolute Gasteiger partial charge is 0.274 e. The van der Waals surface area contributed by atoms with Gasteiger partial charge < -0.3 is 10.6 Å². The maximum Gasteiger partial charge on any atom is 0.274 e. The number of benzene rings is 2. The van der Waals surface area contributed by atoms with Crippen LogP contribution in [0, 0.1) is 25.5 Å². The molecule has 0 saturated heterocycles. The summed E-state index contributed by atoms with van der Waals surface area (Å²) in [5, 5.41) is 5.53. The van der Waals surface area contributed by atoms with Crippen molar-refractivity contribution in [2.75, 3.05) is 10.6 Å². The number of nitrogens with zero attached hydrogens (tertiary/aromatic N) is 2. The number of carbonyl (C=O) groups excluding carboxylic acids is 1. The van der Waals surface area contributed by atoms with Gasteiger partial charge in [-0.3, -0.25) is 4.79 Å². The highest BCUT2D eigenvalue weighted by molar-refractivity contribution is 6.03. The lowest BCUT2D eigenvalue weighted by Gasteiger charge is -2.12. The highest BCUT2D eigenvalue weighted by Crippen LogP contribution is 2.23. The highest BCUT2D eigenvalue weighted by atomic mass is 19.1. The number of hydrogen-bond acceptors (Lipinski definition) is 4. The van der Waals surface area contributed by atoms with E-state index in [9.17, 15) is 13.6 Å². The second-order valence-electron chi connectivity index (χ2n) is 5.76. The van der Waals surface area contributed by atoms with E-state index in [0.717, 1.165) is 28.9 Å². The second-order valence-corrected chi connectivity index (χ2v) is 5.76. The summed E-state index contributed by atoms with van der Waals surface area (Å²) in [5.41, 5.74) is 2.88. The van der Waals surface area contributed by atoms with Crippen LogP contribution in [0.5, 0.6) is 0 Å². The van der Waals surface area contributed by atoms with Gasteiger partial charge in [0.1, 0.15) is 29.5 Å². The molecule has 1 heterocycles. The van der Waals surface area contributed by atoms with Gasteiger partial charge >= 0.3 is 0 Å². The summed E-state index contributed by atoms with van der Waals surface area (Å²) >= 11 is 0. The second kappa shape index (κ2) is 7.26. The van der Waals surface area contributed by atoms with Gasteiger partial charge in [-0.25, -0.2) is 18.7 Å². The minimum absolute atomic E-state index is 0.0532. The third kappa shape index (κ3) is 3.83. The molecule has 3 rings (SSSR count). The average Bonchev–Trinajstić information content (AvgIpc) is 2.61. The Kier molecular flexibility index (Phi) is 4.88. The Morgan fingerprint density at radius 1 is 1.00 bits per heavy atom. The Hall–Kier alpha value is -3.35. The molecule has 132 valence electrons. The van der Waals surface area contributed by atoms with Crippen molar-refractivity contribution in [3.63, 3.8) is 0 Å². The third-order valence-electron chi connectivity index (χ3n) is 3.81. The van der Waals surface area contributed by atoms with Crippen LogP contribution in [0.1, 0.15) is 21.6 Å². The molecule has 0 fully saturated rings. The van der Waals surface area contributed by atoms with Gasteiger partial charge in [0.15, 0.2) is 0 Å². The Morgan fingerprint density at radius 3 is 2.42 bits per heavy atom. The fraction of sp³-hybridized carbons (Fsp3) is 0.105. The molecule has 7 heteroatoms. The van der Waals surface area contributed by atoms with Gasteiger partial charge in [-0.15, -0.1) is 0 Å². The van der Waals surface area contributed by atoms with E-state index >= 15 is 0 Å². The molecule has 1 amide bonds. The molecule has 5 nitrogen and oxygen atoms in total. The van der Waals surface area contributed by atoms with E-state index in [1.165, 1.54) is 12.4 Å². The largest absolute Gasteiger partial charge is 0.340 e. The SMILES string of the molecule is Cc1cccc(C)c1Nc1cc(C(=O)Nc2ccc(F)cc2F)ncn1. The van der Waals surface area contributed by atoms with Crippen molar-refractivity contribution in [3.8, 4) is 0 Å². The van der Waals surface area contributed by atoms with Gasteiger partial charge in [0.2, 0.25) is 0 Å². The highest BCUT2D eigenvalue weighted by Gasteiger charge is 2.13. The van der Waals surface area contributed by atoms with Crippen molar-refractivity contribution in [2.24, 2.45) is 0 Å². The molecule has 2 aromatic carbocycles. The molecule has 1 aromatic heterocycles. The zero-order chi connectivity index (χ0) is 18.7. The zero-order valence-corrected chi connectivity index (χ0v) is 14.2. The van der Waals surface area contributed by atoms with E-state index < -0.39 is 17.5 Å². The molecule has 0 aliphatic heterocycles. The zero-order valence-electron chi connectivity index (χ0n) is 14.2. The van der Waals surface area contributed by atoms with Crippen molar-refractivity contribution < 1.29 is 13.6 Å². The maximum atomic E-state index is 13.7. The first-order valence-electron chi connectivity index (χ1n) is 7.86. The Balaban J connectivity index is 1.81. The van der Waals surface area contributed by atoms with Crippen LogP contribution in [0.4, 0.5) is 26.0 Å². The average molecular weight is 354 g/mol. The van der Waals surface area contributed by atoms with Gasteiger partial charge in [0.05, 0.1) is 5.69 Å². The summed E-state index contributed by atoms with van der Waals surface area (Å²) in [4.78, 5) is 20.3. The molecule has 26 heavy (non-hydrogen) atoms. The Morgan fingerprint density at radius 2 is 1.73 bits per heavy atom. The van der Waals surface area contributed by atoms with Crippen molar-refractivity contribution in [1.82, 2.24) is 9.97 Å². The van der Waals surface area contributed by atoms with Gasteiger partial charge in [0, 0.05) is 17.8 Å². The van der Waals surface area contributed by atoms with E-state index in [1.807, 2.05) is 32.0 Å². The number of aryl methyl sites for hydroxylation is 2. The van der Waals surface area contributed by atoms with E-state index in [-0.39, 0.29) is 11.4 Å². The van der Waals surface area contributed by atoms with Crippen LogP contribution < -0.4 is 10.6 Å². The summed E-state index contributed by atoms with van der Waals surface area (Å²) in [5.74, 6) is -1.77. The van der Waals surface area contributed by atoms with Crippen molar-refractivity contribution in [1.29, 1.82) is 0 Å². The molecule has 0 aliphatic rings. The molecular formula is C19H16F2N4O. The lowest BCUT2D eigenvalue weighted by atomic mass is 10.1. The van der Waals surface area contributed by atoms with Gasteiger partial charge in [-0.2, -0.15) is 0 Å². The first-order valence-corrected chi connectivity index (χ1v) is 7.86. The monoisotopic (exact) mass is 354 g/mol. The fourth-order valence-electron chi connectivity index (χ4n) is 2.47. The van der Waals surface area contributed by atoms with Crippen molar-refractivity contribution >= 4 is 23.1 Å². The first kappa shape index (κ1) is 17.5. The Bertz CT molecular complexity index is 955. The molecule has 0 atom stereocenters. The number of carbonyl (C=O) groups is 1. The number of hydrogen-bond donors (Lipinski definition) is 2. The first-order chi connectivity index (χ1) is 12.4. The molecule has 0 saturated carbocycles. The number of amides is 1. The summed E-state index contributed by atoms with van der Waals surface area (Å²) in [6.07, 6.45) is 1.24. The topological polar surface area (TPSA) is 66.9 Å². The summed E-state index contributed by atoms with van der Waals surface area (Å²) in [6.45, 7) is 3.92. The number of halogens is 2. The Labute approximate surface area is 149 Å². The van der Waals surface area contributed by atoms with Crippen LogP contribution in [-0.4, -0.2) is 15.9 Å². The van der Waals surface area contributed by atoms with Crippen molar-refractivity contribution in [2.45, 2.75) is 13.8 Å². The molecule has 0 radical (unpaired) electrons. The molecule has 0 unspecified atom stereocenters. The lowest BCUT2D eigenvalue weighted by molar-refractivity contribution is 0.102. The third-order valence-corrected chi connectivity index (χ3v) is 3.81. The van der Waals surface area contributed by atoms with E-state index in [2.05, 4.69) is 20.6 Å². The van der Waals surface area contributed by atoms with Crippen LogP contribution >= 0.6 is 0 Å². The van der Waals surface area contributed by atoms with Crippen LogP contribution in [-0.2, 0) is 0 Å². The number of anilines is 3. The summed E-state index contributed by atoms with van der Waals surface area (Å²) in [6, 6.07) is 10.2. The number of aromatic nitrogens is 2. The van der Waals surface area contributed by atoms with Gasteiger partial charge in [0.25, 0.3) is 5.91 Å². The lowest BCUT2D eigenvalue weighted by Crippen LogP contribution is -2.15. The van der Waals surface area contributed by atoms with Crippen LogP contribution in [0.25, 0.3) is 0 Å². The minimum atomic E-state index is -0.860. The normalized spacial score (nSPS) is 10.5. The summed E-state index contributed by atoms with van der Waals surface area (Å²) in [7, 11) is 0. The van der Waals surface area contributed by atoms with E-state index in [4.69, 9.17) is 0 Å². The van der Waals surface area contributed by atoms with Gasteiger partial charge in [-0.05, 0) is 37.1 Å². The number of para-hydroxylation sites is 1. The van der Waals surface area contributed by atoms with Crippen LogP contribution in [0.3, 0.4) is 0 Å². The van der Waals surface area contributed by atoms with Crippen LogP contribution in [0.2, 0.25) is 0 Å². The molecule has 0 bridgehead atoms. The van der Waals surface area contributed by atoms with Gasteiger partial charge in [-0.1, -0.05) is 18.2 Å². The maximum absolute atomic E-state index is 13.7. The van der Waals surface area contributed by atoms with E-state index in [1.54, 1.807) is 0 Å². The quantitative estimate of drug-likeness (QED) is 0.730. The predicted octanol–water partition coefficient (Wildman–Crippen LogP) is 4.37. The fourth-order valence-corrected chi connectivity index (χ4v) is 2.47. The molecule has 3 aromatic rings. The number of rotatable bonds is 4. The summed E-state index contributed by atoms with van der Waals surface area (Å²) < 4.78 is 26.6. The predicted molar refractivity (Wildman–Crippen MR) is 95.5 cm³/mol. The van der Waals surface area contributed by atoms with Crippen molar-refractivity contribution in [3.05, 3.63) is 77.2 Å². The molecule has 2 N–H and O–H groups in total. The van der Waals surface area contributed by atoms with E-state index in [0.29, 0.717) is 11.9 Å². The van der Waals surface area contributed by atoms with Crippen LogP contribution in [0.15, 0.2) is 48.8 Å².